The van der Waals surface area contributed by atoms with Crippen molar-refractivity contribution in [1.29, 1.82) is 0 Å². The van der Waals surface area contributed by atoms with Gasteiger partial charge in [-0.25, -0.2) is 0 Å². The summed E-state index contributed by atoms with van der Waals surface area (Å²) in [7, 11) is 0. The predicted molar refractivity (Wildman–Crippen MR) is 61.8 cm³/mol. The highest BCUT2D eigenvalue weighted by Crippen LogP contribution is 2.17. The average molecular weight is 217 g/mol. The van der Waals surface area contributed by atoms with Crippen LogP contribution in [0.3, 0.4) is 0 Å². The zero-order valence-electron chi connectivity index (χ0n) is 9.02. The van der Waals surface area contributed by atoms with Crippen molar-refractivity contribution in [2.75, 3.05) is 0 Å². The van der Waals surface area contributed by atoms with Crippen molar-refractivity contribution in [2.24, 2.45) is 5.92 Å². The van der Waals surface area contributed by atoms with E-state index in [-0.39, 0.29) is 17.6 Å². The number of allylic oxidation sites excluding steroid dienone is 2. The van der Waals surface area contributed by atoms with Crippen molar-refractivity contribution >= 4 is 5.91 Å². The van der Waals surface area contributed by atoms with Gasteiger partial charge in [-0.2, -0.15) is 0 Å². The molecule has 2 rings (SSSR count). The van der Waals surface area contributed by atoms with Gasteiger partial charge in [-0.05, 0) is 30.5 Å². The van der Waals surface area contributed by atoms with Crippen LogP contribution in [0.4, 0.5) is 0 Å². The molecule has 0 saturated carbocycles. The molecule has 0 atom stereocenters. The fourth-order valence-corrected chi connectivity index (χ4v) is 1.78. The number of rotatable bonds is 3. The lowest BCUT2D eigenvalue weighted by molar-refractivity contribution is -0.124. The molecule has 3 nitrogen and oxygen atoms in total. The zero-order chi connectivity index (χ0) is 11.4. The van der Waals surface area contributed by atoms with Crippen LogP contribution >= 0.6 is 0 Å². The van der Waals surface area contributed by atoms with Crippen LogP contribution in [0.5, 0.6) is 5.75 Å². The van der Waals surface area contributed by atoms with E-state index in [1.165, 1.54) is 0 Å². The Balaban J connectivity index is 1.82. The van der Waals surface area contributed by atoms with Gasteiger partial charge in [0.15, 0.2) is 0 Å². The first-order valence-electron chi connectivity index (χ1n) is 5.46. The van der Waals surface area contributed by atoms with Gasteiger partial charge in [-0.3, -0.25) is 4.79 Å². The molecule has 0 bridgehead atoms. The molecule has 0 heterocycles. The maximum Gasteiger partial charge on any atom is 0.224 e. The molecule has 1 aliphatic rings. The molecule has 1 aromatic carbocycles. The lowest BCUT2D eigenvalue weighted by Crippen LogP contribution is -2.28. The van der Waals surface area contributed by atoms with E-state index in [9.17, 15) is 4.79 Å². The van der Waals surface area contributed by atoms with Gasteiger partial charge in [0.2, 0.25) is 5.91 Å². The molecule has 0 saturated heterocycles. The highest BCUT2D eigenvalue weighted by atomic mass is 16.3. The molecule has 3 heteroatoms. The van der Waals surface area contributed by atoms with Gasteiger partial charge in [0.05, 0.1) is 0 Å². The van der Waals surface area contributed by atoms with Gasteiger partial charge in [-0.1, -0.05) is 24.3 Å². The van der Waals surface area contributed by atoms with Crippen LogP contribution in [-0.4, -0.2) is 11.0 Å². The number of carbonyl (C=O) groups excluding carboxylic acids is 1. The summed E-state index contributed by atoms with van der Waals surface area (Å²) in [5, 5.41) is 12.0. The van der Waals surface area contributed by atoms with Crippen molar-refractivity contribution in [3.63, 3.8) is 0 Å². The van der Waals surface area contributed by atoms with Gasteiger partial charge < -0.3 is 10.4 Å². The van der Waals surface area contributed by atoms with E-state index in [2.05, 4.69) is 5.32 Å². The maximum absolute atomic E-state index is 11.7. The Bertz CT molecular complexity index is 387. The Morgan fingerprint density at radius 1 is 1.25 bits per heavy atom. The zero-order valence-corrected chi connectivity index (χ0v) is 9.02. The van der Waals surface area contributed by atoms with E-state index < -0.39 is 0 Å². The Morgan fingerprint density at radius 2 is 1.88 bits per heavy atom. The van der Waals surface area contributed by atoms with Crippen molar-refractivity contribution in [3.8, 4) is 5.75 Å². The highest BCUT2D eigenvalue weighted by molar-refractivity contribution is 5.79. The fourth-order valence-electron chi connectivity index (χ4n) is 1.78. The summed E-state index contributed by atoms with van der Waals surface area (Å²) in [6.45, 7) is 0.523. The van der Waals surface area contributed by atoms with Crippen molar-refractivity contribution in [2.45, 2.75) is 19.4 Å². The number of carbonyl (C=O) groups is 1. The summed E-state index contributed by atoms with van der Waals surface area (Å²) in [4.78, 5) is 11.7. The van der Waals surface area contributed by atoms with Crippen molar-refractivity contribution < 1.29 is 9.90 Å². The van der Waals surface area contributed by atoms with Crippen molar-refractivity contribution in [1.82, 2.24) is 5.32 Å². The lowest BCUT2D eigenvalue weighted by atomic mass is 10.1. The molecule has 2 N–H and O–H groups in total. The Kier molecular flexibility index (Phi) is 3.25. The van der Waals surface area contributed by atoms with Crippen LogP contribution in [0.2, 0.25) is 0 Å². The minimum Gasteiger partial charge on any atom is -0.508 e. The summed E-state index contributed by atoms with van der Waals surface area (Å²) in [5.41, 5.74) is 0.997. The van der Waals surface area contributed by atoms with Crippen molar-refractivity contribution in [3.05, 3.63) is 42.0 Å². The minimum absolute atomic E-state index is 0.108. The number of nitrogens with one attached hydrogen (secondary N) is 1. The molecule has 84 valence electrons. The quantitative estimate of drug-likeness (QED) is 0.760. The Labute approximate surface area is 94.8 Å². The maximum atomic E-state index is 11.7. The van der Waals surface area contributed by atoms with Crippen LogP contribution in [0.15, 0.2) is 36.4 Å². The molecular weight excluding hydrogens is 202 g/mol. The second kappa shape index (κ2) is 4.84. The average Bonchev–Trinajstić information content (AvgIpc) is 2.81. The summed E-state index contributed by atoms with van der Waals surface area (Å²) in [5.74, 6) is 0.463. The predicted octanol–water partition coefficient (Wildman–Crippen LogP) is 1.97. The summed E-state index contributed by atoms with van der Waals surface area (Å²) >= 11 is 0. The van der Waals surface area contributed by atoms with Crippen LogP contribution < -0.4 is 5.32 Å². The van der Waals surface area contributed by atoms with Gasteiger partial charge >= 0.3 is 0 Å². The van der Waals surface area contributed by atoms with Crippen LogP contribution in [-0.2, 0) is 11.3 Å². The highest BCUT2D eigenvalue weighted by Gasteiger charge is 2.18. The third-order valence-electron chi connectivity index (χ3n) is 2.78. The standard InChI is InChI=1S/C13H15NO2/c15-12-7-5-10(6-8-12)9-14-13(16)11-3-1-2-4-11/h1-2,5-8,11,15H,3-4,9H2,(H,14,16). The Hall–Kier alpha value is -1.77. The number of hydrogen-bond acceptors (Lipinski definition) is 2. The molecule has 1 amide bonds. The number of hydrogen-bond donors (Lipinski definition) is 2. The topological polar surface area (TPSA) is 49.3 Å². The monoisotopic (exact) mass is 217 g/mol. The molecule has 0 aliphatic heterocycles. The first kappa shape index (κ1) is 10.7. The summed E-state index contributed by atoms with van der Waals surface area (Å²) < 4.78 is 0. The summed E-state index contributed by atoms with van der Waals surface area (Å²) in [6.07, 6.45) is 5.79. The largest absolute Gasteiger partial charge is 0.508 e. The van der Waals surface area contributed by atoms with Gasteiger partial charge in [0.1, 0.15) is 5.75 Å². The van der Waals surface area contributed by atoms with Gasteiger partial charge in [0.25, 0.3) is 0 Å². The van der Waals surface area contributed by atoms with E-state index >= 15 is 0 Å². The van der Waals surface area contributed by atoms with E-state index in [4.69, 9.17) is 5.11 Å². The normalized spacial score (nSPS) is 15.2. The molecule has 1 aliphatic carbocycles. The van der Waals surface area contributed by atoms with Crippen LogP contribution in [0.25, 0.3) is 0 Å². The third-order valence-corrected chi connectivity index (χ3v) is 2.78. The minimum atomic E-state index is 0.108. The first-order chi connectivity index (χ1) is 7.75. The SMILES string of the molecule is O=C(NCc1ccc(O)cc1)C1CC=CC1. The molecule has 1 aromatic rings. The molecular formula is C13H15NO2. The van der Waals surface area contributed by atoms with Crippen LogP contribution in [0.1, 0.15) is 18.4 Å². The molecule has 0 unspecified atom stereocenters. The van der Waals surface area contributed by atoms with E-state index in [1.54, 1.807) is 12.1 Å². The molecule has 0 fully saturated rings. The number of amides is 1. The second-order valence-electron chi connectivity index (χ2n) is 4.02. The molecule has 16 heavy (non-hydrogen) atoms. The smallest absolute Gasteiger partial charge is 0.224 e. The van der Waals surface area contributed by atoms with E-state index in [1.807, 2.05) is 24.3 Å². The number of phenols is 1. The molecule has 0 radical (unpaired) electrons. The number of benzene rings is 1. The fraction of sp³-hybridized carbons (Fsp3) is 0.308. The summed E-state index contributed by atoms with van der Waals surface area (Å²) in [6, 6.07) is 6.86. The second-order valence-corrected chi connectivity index (χ2v) is 4.02. The van der Waals surface area contributed by atoms with Gasteiger partial charge in [-0.15, -0.1) is 0 Å². The van der Waals surface area contributed by atoms with E-state index in [0.29, 0.717) is 6.54 Å². The van der Waals surface area contributed by atoms with Gasteiger partial charge in [0, 0.05) is 12.5 Å². The number of aromatic hydroxyl groups is 1. The van der Waals surface area contributed by atoms with Crippen LogP contribution in [0, 0.1) is 5.92 Å². The lowest BCUT2D eigenvalue weighted by Gasteiger charge is -2.10. The first-order valence-corrected chi connectivity index (χ1v) is 5.46. The van der Waals surface area contributed by atoms with E-state index in [0.717, 1.165) is 18.4 Å². The Morgan fingerprint density at radius 3 is 2.50 bits per heavy atom. The molecule has 0 aromatic heterocycles. The molecule has 0 spiro atoms. The number of phenolic OH excluding ortho intramolecular Hbond substituents is 1. The third kappa shape index (κ3) is 2.63.